The number of allylic oxidation sites excluding steroid dienone is 20. The largest absolute Gasteiger partial charge is 2.00 e. The molecular weight excluding hydrogens is 847 g/mol. The van der Waals surface area contributed by atoms with Gasteiger partial charge in [-0.15, -0.1) is 5.92 Å². The first-order valence-electron chi connectivity index (χ1n) is 23.4. The van der Waals surface area contributed by atoms with Gasteiger partial charge in [0.15, 0.2) is 0 Å². The number of hydrogen-bond donors (Lipinski definition) is 4. The smallest absolute Gasteiger partial charge is 0.670 e. The van der Waals surface area contributed by atoms with Crippen LogP contribution < -0.4 is 21.7 Å². The number of rotatable bonds is 36. The number of carboxylic acid groups (broad SMARTS) is 4. The summed E-state index contributed by atoms with van der Waals surface area (Å²) in [5.41, 5.74) is 14.2. The van der Waals surface area contributed by atoms with E-state index < -0.39 is 35.8 Å². The molecule has 9 N–H and O–H groups in total. The first-order valence-corrected chi connectivity index (χ1v) is 23.4. The molecule has 0 aliphatic heterocycles. The number of nitrogens with one attached hydrogen (secondary N) is 1. The first-order chi connectivity index (χ1) is 30.9. The molecule has 65 heavy (non-hydrogen) atoms. The molecule has 0 bridgehead atoms. The zero-order valence-corrected chi connectivity index (χ0v) is 42.6. The summed E-state index contributed by atoms with van der Waals surface area (Å²) in [6.07, 6.45) is 61.4. The summed E-state index contributed by atoms with van der Waals surface area (Å²) in [7, 11) is 0. The maximum atomic E-state index is 10.3. The van der Waals surface area contributed by atoms with Crippen LogP contribution in [0.25, 0.3) is 5.73 Å². The Morgan fingerprint density at radius 3 is 1.00 bits per heavy atom. The summed E-state index contributed by atoms with van der Waals surface area (Å²) in [5.74, 6) is -4.31. The molecule has 0 rings (SSSR count). The Hall–Kier alpha value is -3.58. The molecule has 0 aromatic rings. The van der Waals surface area contributed by atoms with Gasteiger partial charge in [0.05, 0.1) is 13.1 Å². The van der Waals surface area contributed by atoms with Crippen molar-refractivity contribution in [2.75, 3.05) is 13.1 Å². The van der Waals surface area contributed by atoms with Crippen molar-refractivity contribution in [2.45, 2.75) is 161 Å². The van der Waals surface area contributed by atoms with Gasteiger partial charge < -0.3 is 54.1 Å². The zero-order valence-electron chi connectivity index (χ0n) is 40.3. The molecule has 0 aliphatic rings. The molecule has 0 spiro atoms. The molecule has 0 saturated carbocycles. The fourth-order valence-electron chi connectivity index (χ4n) is 4.81. The summed E-state index contributed by atoms with van der Waals surface area (Å²) in [6.45, 7) is 9.38. The molecule has 0 radical (unpaired) electrons. The molecular formula is C53H87CaN3O8. The molecule has 12 heteroatoms. The van der Waals surface area contributed by atoms with E-state index in [-0.39, 0.29) is 50.6 Å². The van der Waals surface area contributed by atoms with Crippen LogP contribution in [0.3, 0.4) is 0 Å². The van der Waals surface area contributed by atoms with E-state index in [4.69, 9.17) is 15.9 Å². The van der Waals surface area contributed by atoms with Crippen molar-refractivity contribution in [1.82, 2.24) is 0 Å². The maximum absolute atomic E-state index is 10.3. The van der Waals surface area contributed by atoms with Crippen LogP contribution in [0.4, 0.5) is 0 Å². The van der Waals surface area contributed by atoms with Gasteiger partial charge in [-0.05, 0) is 116 Å². The third kappa shape index (κ3) is 75.0. The van der Waals surface area contributed by atoms with E-state index in [0.29, 0.717) is 12.8 Å². The molecule has 0 aromatic carbocycles. The number of unbranched alkanes of at least 4 members (excludes halogenated alkanes) is 4. The monoisotopic (exact) mass is 934 g/mol. The van der Waals surface area contributed by atoms with Gasteiger partial charge in [-0.25, -0.2) is 0 Å². The molecule has 0 unspecified atom stereocenters. The van der Waals surface area contributed by atoms with Crippen molar-refractivity contribution in [3.05, 3.63) is 134 Å². The van der Waals surface area contributed by atoms with E-state index in [1.807, 2.05) is 0 Å². The number of carbonyl (C=O) groups excluding carboxylic acids is 2. The Bertz CT molecular complexity index is 1290. The van der Waals surface area contributed by atoms with Crippen LogP contribution in [-0.2, 0) is 19.2 Å². The van der Waals surface area contributed by atoms with Crippen LogP contribution in [0, 0.1) is 12.8 Å². The Morgan fingerprint density at radius 1 is 0.477 bits per heavy atom. The first kappa shape index (κ1) is 70.4. The molecule has 364 valence electrons. The summed E-state index contributed by atoms with van der Waals surface area (Å²) < 4.78 is 0. The quantitative estimate of drug-likeness (QED) is 0.0205. The average molecular weight is 934 g/mol. The van der Waals surface area contributed by atoms with E-state index in [0.717, 1.165) is 129 Å². The average Bonchev–Trinajstić information content (AvgIpc) is 3.26. The standard InChI is InChI=1S/2C20H30O2.C7H14NO2.C6H13N2O2.Ca/c2*1-2-3-4-5-6-7-8-9-10-11-12-13-14-15-16-17-18-19-20(21)22;1-6(7(9)10)4-2-3-5-8;7-4-2-1-3-5(8)6(9)10;/h2*3-4,6-7,9-10,12-13,15-16H,2,5,8,11,14,17-19H2,1H3,(H,21,22);6H,1-5,8H2,(H,9,10);5,8H,1-4,7H2,(H,9,10);/q;;2*-1;+2/b2*4-3-,7-6-,10-9-,13-12-,16-15-;;;/t;;6-;5-;/m..00./s1. The van der Waals surface area contributed by atoms with E-state index in [9.17, 15) is 29.4 Å². The Labute approximate surface area is 424 Å². The van der Waals surface area contributed by atoms with Gasteiger partial charge in [0.25, 0.3) is 0 Å². The van der Waals surface area contributed by atoms with Gasteiger partial charge in [0.2, 0.25) is 0 Å². The van der Waals surface area contributed by atoms with Crippen LogP contribution in [0.15, 0.2) is 122 Å². The maximum Gasteiger partial charge on any atom is 2.00 e. The third-order valence-corrected chi connectivity index (χ3v) is 8.50. The fourth-order valence-corrected chi connectivity index (χ4v) is 4.81. The predicted octanol–water partition coefficient (Wildman–Crippen LogP) is 8.77. The molecule has 0 saturated heterocycles. The van der Waals surface area contributed by atoms with Crippen LogP contribution in [-0.4, -0.2) is 91.0 Å². The second-order valence-electron chi connectivity index (χ2n) is 14.6. The second-order valence-corrected chi connectivity index (χ2v) is 14.6. The van der Waals surface area contributed by atoms with E-state index in [1.54, 1.807) is 0 Å². The molecule has 2 atom stereocenters. The number of carboxylic acids is 4. The second kappa shape index (κ2) is 62.5. The van der Waals surface area contributed by atoms with Crippen LogP contribution in [0.5, 0.6) is 0 Å². The van der Waals surface area contributed by atoms with Crippen molar-refractivity contribution in [3.63, 3.8) is 0 Å². The summed E-state index contributed by atoms with van der Waals surface area (Å²) in [6, 6.07) is -1.05. The minimum Gasteiger partial charge on any atom is -0.670 e. The van der Waals surface area contributed by atoms with Gasteiger partial charge in [-0.1, -0.05) is 154 Å². The van der Waals surface area contributed by atoms with Crippen molar-refractivity contribution in [3.8, 4) is 0 Å². The van der Waals surface area contributed by atoms with E-state index in [1.165, 1.54) is 0 Å². The van der Waals surface area contributed by atoms with Crippen molar-refractivity contribution >= 4 is 61.6 Å². The molecule has 0 heterocycles. The minimum atomic E-state index is -1.27. The number of carbonyl (C=O) groups is 4. The summed E-state index contributed by atoms with van der Waals surface area (Å²) >= 11 is 0. The third-order valence-electron chi connectivity index (χ3n) is 8.50. The van der Waals surface area contributed by atoms with Gasteiger partial charge in [-0.2, -0.15) is 0 Å². The topological polar surface area (TPSA) is 234 Å². The van der Waals surface area contributed by atoms with Gasteiger partial charge in [0, 0.05) is 24.8 Å². The Morgan fingerprint density at radius 2 is 0.754 bits per heavy atom. The SMILES string of the molecule is CC/C=C\C/C=C\C/C=C\C/C=C\C/C=C\CCCC(=O)O.CC/C=C\C/C=C\C/C=C\C/C=C\C/C=C\CCCC(=O)O.[CH2-][C@@H](CCCC[NH3+])C(=O)[O-].[Ca+2].[NH-][C@@H](CCCC[NH3+])C(=O)[O-]. The molecule has 0 fully saturated rings. The molecule has 0 aliphatic carbocycles. The number of aliphatic carboxylic acids is 4. The predicted molar refractivity (Wildman–Crippen MR) is 268 cm³/mol. The molecule has 0 aromatic heterocycles. The van der Waals surface area contributed by atoms with Crippen molar-refractivity contribution in [1.29, 1.82) is 0 Å². The van der Waals surface area contributed by atoms with Crippen LogP contribution in [0.1, 0.15) is 155 Å². The van der Waals surface area contributed by atoms with Crippen LogP contribution in [0.2, 0.25) is 0 Å². The number of quaternary nitrogens is 2. The van der Waals surface area contributed by atoms with Gasteiger partial charge in [0.1, 0.15) is 0 Å². The van der Waals surface area contributed by atoms with Crippen molar-refractivity contribution in [2.24, 2.45) is 5.92 Å². The summed E-state index contributed by atoms with van der Waals surface area (Å²) in [5, 5.41) is 37.1. The molecule has 0 amide bonds. The Balaban J connectivity index is -0.000000261. The van der Waals surface area contributed by atoms with Gasteiger partial charge >= 0.3 is 49.7 Å². The Kier molecular flexibility index (Phi) is 67.7. The normalized spacial score (nSPS) is 12.6. The van der Waals surface area contributed by atoms with Crippen LogP contribution >= 0.6 is 0 Å². The zero-order chi connectivity index (χ0) is 48.6. The van der Waals surface area contributed by atoms with Crippen molar-refractivity contribution < 1.29 is 51.1 Å². The number of hydrogen-bond acceptors (Lipinski definition) is 6. The van der Waals surface area contributed by atoms with E-state index in [2.05, 4.69) is 154 Å². The minimum absolute atomic E-state index is 0. The van der Waals surface area contributed by atoms with E-state index >= 15 is 0 Å². The van der Waals surface area contributed by atoms with Gasteiger partial charge in [-0.3, -0.25) is 9.59 Å². The fraction of sp³-hybridized carbons (Fsp3) is 0.528. The summed E-state index contributed by atoms with van der Waals surface area (Å²) in [4.78, 5) is 40.7. The molecule has 11 nitrogen and oxygen atoms in total.